The van der Waals surface area contributed by atoms with E-state index in [0.29, 0.717) is 41.8 Å². The lowest BCUT2D eigenvalue weighted by molar-refractivity contribution is 0.0569. The Bertz CT molecular complexity index is 939. The van der Waals surface area contributed by atoms with Crippen LogP contribution in [0.3, 0.4) is 0 Å². The molecule has 2 aromatic carbocycles. The third kappa shape index (κ3) is 3.52. The van der Waals surface area contributed by atoms with Gasteiger partial charge in [-0.05, 0) is 23.8 Å². The summed E-state index contributed by atoms with van der Waals surface area (Å²) in [5, 5.41) is 4.50. The number of aromatic nitrogens is 2. The summed E-state index contributed by atoms with van der Waals surface area (Å²) < 4.78 is 6.21. The van der Waals surface area contributed by atoms with E-state index in [-0.39, 0.29) is 11.8 Å². The van der Waals surface area contributed by atoms with Gasteiger partial charge in [-0.25, -0.2) is 0 Å². The van der Waals surface area contributed by atoms with E-state index in [1.54, 1.807) is 17.0 Å². The van der Waals surface area contributed by atoms with E-state index >= 15 is 0 Å². The van der Waals surface area contributed by atoms with Gasteiger partial charge in [-0.2, -0.15) is 4.98 Å². The molecule has 0 radical (unpaired) electrons. The number of likely N-dealkylation sites (tertiary alicyclic amines) is 1. The van der Waals surface area contributed by atoms with E-state index in [9.17, 15) is 4.79 Å². The number of rotatable bonds is 4. The summed E-state index contributed by atoms with van der Waals surface area (Å²) in [5.41, 5.74) is 1.63. The van der Waals surface area contributed by atoms with Crippen LogP contribution in [-0.4, -0.2) is 34.0 Å². The first kappa shape index (κ1) is 17.2. The number of halogens is 2. The van der Waals surface area contributed by atoms with Gasteiger partial charge in [0.15, 0.2) is 5.82 Å². The van der Waals surface area contributed by atoms with Crippen molar-refractivity contribution < 1.29 is 9.32 Å². The average molecular weight is 433 g/mol. The lowest BCUT2D eigenvalue weighted by Crippen LogP contribution is -2.48. The lowest BCUT2D eigenvalue weighted by atomic mass is 9.98. The molecule has 0 atom stereocenters. The second kappa shape index (κ2) is 7.21. The molecule has 0 spiro atoms. The van der Waals surface area contributed by atoms with Crippen LogP contribution in [0.1, 0.15) is 33.6 Å². The van der Waals surface area contributed by atoms with Gasteiger partial charge < -0.3 is 9.42 Å². The maximum absolute atomic E-state index is 12.6. The van der Waals surface area contributed by atoms with Crippen LogP contribution in [0.15, 0.2) is 57.5 Å². The summed E-state index contributed by atoms with van der Waals surface area (Å²) in [6.07, 6.45) is 0.632. The maximum atomic E-state index is 12.6. The summed E-state index contributed by atoms with van der Waals surface area (Å²) in [4.78, 5) is 18.8. The molecule has 132 valence electrons. The first-order valence-corrected chi connectivity index (χ1v) is 9.38. The lowest BCUT2D eigenvalue weighted by Gasteiger charge is -2.37. The van der Waals surface area contributed by atoms with Crippen LogP contribution in [0.2, 0.25) is 5.02 Å². The quantitative estimate of drug-likeness (QED) is 0.616. The number of hydrogen-bond acceptors (Lipinski definition) is 4. The Kier molecular flexibility index (Phi) is 4.78. The predicted octanol–water partition coefficient (Wildman–Crippen LogP) is 4.32. The highest BCUT2D eigenvalue weighted by atomic mass is 79.9. The Hall–Kier alpha value is -2.18. The number of carbonyl (C=O) groups is 1. The van der Waals surface area contributed by atoms with Crippen LogP contribution in [-0.2, 0) is 6.42 Å². The van der Waals surface area contributed by atoms with E-state index in [2.05, 4.69) is 26.1 Å². The maximum Gasteiger partial charge on any atom is 0.255 e. The fraction of sp³-hybridized carbons (Fsp3) is 0.211. The number of benzene rings is 2. The fourth-order valence-electron chi connectivity index (χ4n) is 2.92. The molecule has 0 unspecified atom stereocenters. The summed E-state index contributed by atoms with van der Waals surface area (Å²) >= 11 is 9.51. The summed E-state index contributed by atoms with van der Waals surface area (Å²) in [7, 11) is 0. The number of carbonyl (C=O) groups excluding carboxylic acids is 1. The van der Waals surface area contributed by atoms with Crippen LogP contribution in [0.25, 0.3) is 0 Å². The monoisotopic (exact) mass is 431 g/mol. The summed E-state index contributed by atoms with van der Waals surface area (Å²) in [6, 6.07) is 15.3. The van der Waals surface area contributed by atoms with Crippen LogP contribution in [0.4, 0.5) is 0 Å². The van der Waals surface area contributed by atoms with Gasteiger partial charge in [-0.15, -0.1) is 0 Å². The van der Waals surface area contributed by atoms with Crippen molar-refractivity contribution >= 4 is 33.4 Å². The molecule has 1 amide bonds. The van der Waals surface area contributed by atoms with Gasteiger partial charge in [0.05, 0.1) is 16.5 Å². The minimum absolute atomic E-state index is 0.0712. The second-order valence-electron chi connectivity index (χ2n) is 6.24. The standard InChI is InChI=1S/C19H15BrClN3O2/c20-14-6-7-16(21)15(9-14)19(25)24-10-13(11-24)18-22-17(23-26-18)8-12-4-2-1-3-5-12/h1-7,9,13H,8,10-11H2. The Morgan fingerprint density at radius 1 is 1.23 bits per heavy atom. The Morgan fingerprint density at radius 2 is 2.00 bits per heavy atom. The van der Waals surface area contributed by atoms with Crippen molar-refractivity contribution in [2.75, 3.05) is 13.1 Å². The first-order chi connectivity index (χ1) is 12.6. The van der Waals surface area contributed by atoms with Crippen LogP contribution < -0.4 is 0 Å². The van der Waals surface area contributed by atoms with Gasteiger partial charge in [-0.3, -0.25) is 4.79 Å². The minimum Gasteiger partial charge on any atom is -0.339 e. The smallest absolute Gasteiger partial charge is 0.255 e. The molecule has 1 fully saturated rings. The van der Waals surface area contributed by atoms with E-state index in [4.69, 9.17) is 16.1 Å². The van der Waals surface area contributed by atoms with Gasteiger partial charge in [0.1, 0.15) is 0 Å². The van der Waals surface area contributed by atoms with Crippen molar-refractivity contribution in [3.63, 3.8) is 0 Å². The molecule has 2 heterocycles. The molecule has 1 aliphatic heterocycles. The van der Waals surface area contributed by atoms with Gasteiger partial charge in [-0.1, -0.05) is 63.0 Å². The normalized spacial score (nSPS) is 14.3. The van der Waals surface area contributed by atoms with Gasteiger partial charge in [0, 0.05) is 24.0 Å². The molecule has 0 N–H and O–H groups in total. The number of nitrogens with zero attached hydrogens (tertiary/aromatic N) is 3. The van der Waals surface area contributed by atoms with Crippen LogP contribution in [0.5, 0.6) is 0 Å². The predicted molar refractivity (Wildman–Crippen MR) is 101 cm³/mol. The topological polar surface area (TPSA) is 59.2 Å². The molecular weight excluding hydrogens is 418 g/mol. The van der Waals surface area contributed by atoms with Crippen LogP contribution >= 0.6 is 27.5 Å². The van der Waals surface area contributed by atoms with Crippen molar-refractivity contribution in [3.8, 4) is 0 Å². The molecular formula is C19H15BrClN3O2. The Labute approximate surface area is 164 Å². The number of amides is 1. The van der Waals surface area contributed by atoms with E-state index < -0.39 is 0 Å². The highest BCUT2D eigenvalue weighted by molar-refractivity contribution is 9.10. The summed E-state index contributed by atoms with van der Waals surface area (Å²) in [6.45, 7) is 1.10. The van der Waals surface area contributed by atoms with Crippen molar-refractivity contribution in [3.05, 3.63) is 80.9 Å². The van der Waals surface area contributed by atoms with Gasteiger partial charge in [0.2, 0.25) is 5.89 Å². The molecule has 5 nitrogen and oxygen atoms in total. The third-order valence-corrected chi connectivity index (χ3v) is 5.19. The number of hydrogen-bond donors (Lipinski definition) is 0. The van der Waals surface area contributed by atoms with E-state index in [1.165, 1.54) is 0 Å². The van der Waals surface area contributed by atoms with Gasteiger partial charge >= 0.3 is 0 Å². The Morgan fingerprint density at radius 3 is 2.77 bits per heavy atom. The average Bonchev–Trinajstić information content (AvgIpc) is 3.04. The molecule has 1 aliphatic rings. The molecule has 0 saturated carbocycles. The van der Waals surface area contributed by atoms with Crippen molar-refractivity contribution in [2.24, 2.45) is 0 Å². The molecule has 1 saturated heterocycles. The molecule has 26 heavy (non-hydrogen) atoms. The molecule has 3 aromatic rings. The van der Waals surface area contributed by atoms with Crippen LogP contribution in [0, 0.1) is 0 Å². The van der Waals surface area contributed by atoms with Crippen molar-refractivity contribution in [2.45, 2.75) is 12.3 Å². The third-order valence-electron chi connectivity index (χ3n) is 4.37. The van der Waals surface area contributed by atoms with Crippen molar-refractivity contribution in [1.82, 2.24) is 15.0 Å². The largest absolute Gasteiger partial charge is 0.339 e. The summed E-state index contributed by atoms with van der Waals surface area (Å²) in [5.74, 6) is 1.23. The SMILES string of the molecule is O=C(c1cc(Br)ccc1Cl)N1CC(c2nc(Cc3ccccc3)no2)C1. The molecule has 4 rings (SSSR count). The zero-order chi connectivity index (χ0) is 18.1. The van der Waals surface area contributed by atoms with E-state index in [1.807, 2.05) is 36.4 Å². The highest BCUT2D eigenvalue weighted by Crippen LogP contribution is 2.30. The molecule has 7 heteroatoms. The molecule has 0 bridgehead atoms. The second-order valence-corrected chi connectivity index (χ2v) is 7.57. The highest BCUT2D eigenvalue weighted by Gasteiger charge is 2.36. The Balaban J connectivity index is 1.39. The zero-order valence-electron chi connectivity index (χ0n) is 13.7. The minimum atomic E-state index is -0.0865. The van der Waals surface area contributed by atoms with E-state index in [0.717, 1.165) is 10.0 Å². The molecule has 1 aromatic heterocycles. The molecule has 0 aliphatic carbocycles. The van der Waals surface area contributed by atoms with Crippen molar-refractivity contribution in [1.29, 1.82) is 0 Å². The first-order valence-electron chi connectivity index (χ1n) is 8.21. The van der Waals surface area contributed by atoms with Gasteiger partial charge in [0.25, 0.3) is 5.91 Å². The zero-order valence-corrected chi connectivity index (χ0v) is 16.1. The fourth-order valence-corrected chi connectivity index (χ4v) is 3.48.